The molecule has 1 N–H and O–H groups in total. The van der Waals surface area contributed by atoms with Crippen LogP contribution in [-0.2, 0) is 4.74 Å². The van der Waals surface area contributed by atoms with E-state index in [9.17, 15) is 4.79 Å². The molecule has 0 aromatic heterocycles. The van der Waals surface area contributed by atoms with Gasteiger partial charge >= 0.3 is 6.09 Å². The molecule has 4 heteroatoms. The number of ether oxygens (including phenoxy) is 1. The Morgan fingerprint density at radius 1 is 1.29 bits per heavy atom. The first-order valence-electron chi connectivity index (χ1n) is 8.46. The number of carbonyl (C=O) groups is 1. The monoisotopic (exact) mass is 298 g/mol. The molecule has 0 bridgehead atoms. The molecule has 0 heterocycles. The maximum atomic E-state index is 11.9. The van der Waals surface area contributed by atoms with E-state index in [-0.39, 0.29) is 12.1 Å². The van der Waals surface area contributed by atoms with Gasteiger partial charge in [0.2, 0.25) is 0 Å². The summed E-state index contributed by atoms with van der Waals surface area (Å²) in [7, 11) is 2.21. The predicted molar refractivity (Wildman–Crippen MR) is 87.5 cm³/mol. The minimum atomic E-state index is -0.444. The molecule has 4 nitrogen and oxygen atoms in total. The zero-order chi connectivity index (χ0) is 16.0. The molecule has 0 unspecified atom stereocenters. The molecular weight excluding hydrogens is 264 g/mol. The zero-order valence-corrected chi connectivity index (χ0v) is 14.7. The molecule has 1 saturated carbocycles. The molecule has 1 aliphatic rings. The average Bonchev–Trinajstić information content (AvgIpc) is 2.38. The number of carbonyl (C=O) groups excluding carboxylic acids is 1. The number of amides is 1. The number of hydrogen-bond acceptors (Lipinski definition) is 3. The lowest BCUT2D eigenvalue weighted by molar-refractivity contribution is 0.0445. The van der Waals surface area contributed by atoms with Gasteiger partial charge in [0.25, 0.3) is 0 Å². The highest BCUT2D eigenvalue weighted by molar-refractivity contribution is 5.68. The van der Waals surface area contributed by atoms with Crippen molar-refractivity contribution < 1.29 is 9.53 Å². The summed E-state index contributed by atoms with van der Waals surface area (Å²) in [6.07, 6.45) is 7.32. The Morgan fingerprint density at radius 3 is 2.33 bits per heavy atom. The van der Waals surface area contributed by atoms with Crippen LogP contribution in [0.4, 0.5) is 4.79 Å². The molecule has 0 aliphatic heterocycles. The van der Waals surface area contributed by atoms with Gasteiger partial charge in [0, 0.05) is 18.1 Å². The van der Waals surface area contributed by atoms with Crippen LogP contribution in [-0.4, -0.2) is 41.8 Å². The van der Waals surface area contributed by atoms with E-state index in [0.717, 1.165) is 6.42 Å². The number of hydrogen-bond donors (Lipinski definition) is 1. The molecule has 0 radical (unpaired) electrons. The highest BCUT2D eigenvalue weighted by Gasteiger charge is 2.28. The SMILES string of the molecule is CC[C@@H]([C@H](C)NC(=O)OC(C)(C)C)N(C)C1CCCCC1. The summed E-state index contributed by atoms with van der Waals surface area (Å²) in [5.74, 6) is 0. The highest BCUT2D eigenvalue weighted by Crippen LogP contribution is 2.24. The Bertz CT molecular complexity index is 319. The van der Waals surface area contributed by atoms with Crippen molar-refractivity contribution >= 4 is 6.09 Å². The second-order valence-corrected chi connectivity index (χ2v) is 7.37. The summed E-state index contributed by atoms with van der Waals surface area (Å²) in [6.45, 7) is 9.95. The third-order valence-corrected chi connectivity index (χ3v) is 4.41. The van der Waals surface area contributed by atoms with Crippen LogP contribution in [0.1, 0.15) is 73.1 Å². The van der Waals surface area contributed by atoms with Gasteiger partial charge in [-0.3, -0.25) is 4.90 Å². The normalized spacial score (nSPS) is 20.1. The molecule has 1 rings (SSSR count). The minimum Gasteiger partial charge on any atom is -0.444 e. The fraction of sp³-hybridized carbons (Fsp3) is 0.941. The summed E-state index contributed by atoms with van der Waals surface area (Å²) in [5.41, 5.74) is -0.444. The van der Waals surface area contributed by atoms with Gasteiger partial charge in [0.05, 0.1) is 0 Å². The Morgan fingerprint density at radius 2 is 1.86 bits per heavy atom. The minimum absolute atomic E-state index is 0.0942. The van der Waals surface area contributed by atoms with Crippen LogP contribution in [0.25, 0.3) is 0 Å². The first-order valence-corrected chi connectivity index (χ1v) is 8.46. The number of nitrogens with one attached hydrogen (secondary N) is 1. The van der Waals surface area contributed by atoms with Gasteiger partial charge in [0.1, 0.15) is 5.60 Å². The number of likely N-dealkylation sites (N-methyl/N-ethyl adjacent to an activating group) is 1. The molecular formula is C17H34N2O2. The first kappa shape index (κ1) is 18.3. The van der Waals surface area contributed by atoms with Crippen LogP contribution in [0.3, 0.4) is 0 Å². The topological polar surface area (TPSA) is 41.6 Å². The largest absolute Gasteiger partial charge is 0.444 e. The van der Waals surface area contributed by atoms with Crippen LogP contribution in [0.15, 0.2) is 0 Å². The van der Waals surface area contributed by atoms with Gasteiger partial charge in [-0.05, 0) is 54.0 Å². The van der Waals surface area contributed by atoms with E-state index in [0.29, 0.717) is 12.1 Å². The summed E-state index contributed by atoms with van der Waals surface area (Å²) in [5, 5.41) is 3.00. The van der Waals surface area contributed by atoms with E-state index in [2.05, 4.69) is 31.1 Å². The highest BCUT2D eigenvalue weighted by atomic mass is 16.6. The van der Waals surface area contributed by atoms with E-state index < -0.39 is 5.60 Å². The lowest BCUT2D eigenvalue weighted by Crippen LogP contribution is -2.52. The quantitative estimate of drug-likeness (QED) is 0.836. The van der Waals surface area contributed by atoms with Gasteiger partial charge in [0.15, 0.2) is 0 Å². The number of alkyl carbamates (subject to hydrolysis) is 1. The van der Waals surface area contributed by atoms with E-state index in [1.165, 1.54) is 32.1 Å². The number of rotatable bonds is 5. The van der Waals surface area contributed by atoms with Crippen molar-refractivity contribution in [3.63, 3.8) is 0 Å². The fourth-order valence-corrected chi connectivity index (χ4v) is 3.34. The Hall–Kier alpha value is -0.770. The van der Waals surface area contributed by atoms with Crippen molar-refractivity contribution in [2.75, 3.05) is 7.05 Å². The van der Waals surface area contributed by atoms with E-state index in [1.807, 2.05) is 20.8 Å². The molecule has 1 amide bonds. The van der Waals surface area contributed by atoms with Crippen molar-refractivity contribution in [1.82, 2.24) is 10.2 Å². The maximum Gasteiger partial charge on any atom is 0.407 e. The van der Waals surface area contributed by atoms with E-state index in [1.54, 1.807) is 0 Å². The Labute approximate surface area is 130 Å². The number of nitrogens with zero attached hydrogens (tertiary/aromatic N) is 1. The third-order valence-electron chi connectivity index (χ3n) is 4.41. The molecule has 0 saturated heterocycles. The van der Waals surface area contributed by atoms with Crippen molar-refractivity contribution in [2.24, 2.45) is 0 Å². The molecule has 1 fully saturated rings. The van der Waals surface area contributed by atoms with E-state index in [4.69, 9.17) is 4.74 Å². The van der Waals surface area contributed by atoms with Crippen molar-refractivity contribution in [3.05, 3.63) is 0 Å². The molecule has 1 aliphatic carbocycles. The van der Waals surface area contributed by atoms with Gasteiger partial charge in [-0.2, -0.15) is 0 Å². The van der Waals surface area contributed by atoms with Crippen LogP contribution < -0.4 is 5.32 Å². The molecule has 2 atom stereocenters. The van der Waals surface area contributed by atoms with Gasteiger partial charge in [-0.25, -0.2) is 4.79 Å². The maximum absolute atomic E-state index is 11.9. The van der Waals surface area contributed by atoms with Gasteiger partial charge < -0.3 is 10.1 Å². The average molecular weight is 298 g/mol. The van der Waals surface area contributed by atoms with Crippen molar-refractivity contribution in [3.8, 4) is 0 Å². The Balaban J connectivity index is 2.55. The molecule has 0 spiro atoms. The molecule has 21 heavy (non-hydrogen) atoms. The molecule has 0 aromatic rings. The summed E-state index contributed by atoms with van der Waals surface area (Å²) in [4.78, 5) is 14.4. The summed E-state index contributed by atoms with van der Waals surface area (Å²) < 4.78 is 5.36. The summed E-state index contributed by atoms with van der Waals surface area (Å²) in [6, 6.07) is 1.11. The van der Waals surface area contributed by atoms with Crippen LogP contribution in [0.2, 0.25) is 0 Å². The van der Waals surface area contributed by atoms with Gasteiger partial charge in [-0.15, -0.1) is 0 Å². The molecule has 124 valence electrons. The first-order chi connectivity index (χ1) is 9.74. The van der Waals surface area contributed by atoms with Crippen LogP contribution in [0, 0.1) is 0 Å². The predicted octanol–water partition coefficient (Wildman–Crippen LogP) is 3.94. The van der Waals surface area contributed by atoms with Crippen LogP contribution >= 0.6 is 0 Å². The van der Waals surface area contributed by atoms with E-state index >= 15 is 0 Å². The zero-order valence-electron chi connectivity index (χ0n) is 14.7. The van der Waals surface area contributed by atoms with Gasteiger partial charge in [-0.1, -0.05) is 26.2 Å². The summed E-state index contributed by atoms with van der Waals surface area (Å²) >= 11 is 0. The molecule has 0 aromatic carbocycles. The lowest BCUT2D eigenvalue weighted by atomic mass is 9.92. The fourth-order valence-electron chi connectivity index (χ4n) is 3.34. The third kappa shape index (κ3) is 6.25. The second kappa shape index (κ2) is 8.02. The smallest absolute Gasteiger partial charge is 0.407 e. The second-order valence-electron chi connectivity index (χ2n) is 7.37. The van der Waals surface area contributed by atoms with Crippen molar-refractivity contribution in [1.29, 1.82) is 0 Å². The standard InChI is InChI=1S/C17H34N2O2/c1-7-15(19(6)14-11-9-8-10-12-14)13(2)18-16(20)21-17(3,4)5/h13-15H,7-12H2,1-6H3,(H,18,20)/t13-,15-/m0/s1. The Kier molecular flexibility index (Phi) is 6.98. The van der Waals surface area contributed by atoms with Crippen molar-refractivity contribution in [2.45, 2.75) is 96.9 Å². The lowest BCUT2D eigenvalue weighted by Gasteiger charge is -2.39. The van der Waals surface area contributed by atoms with Crippen LogP contribution in [0.5, 0.6) is 0 Å².